The van der Waals surface area contributed by atoms with Crippen LogP contribution in [0.4, 0.5) is 0 Å². The van der Waals surface area contributed by atoms with Crippen molar-refractivity contribution < 1.29 is 14.6 Å². The fourth-order valence-electron chi connectivity index (χ4n) is 1.89. The summed E-state index contributed by atoms with van der Waals surface area (Å²) in [5.41, 5.74) is 0.377. The Morgan fingerprint density at radius 1 is 1.39 bits per heavy atom. The summed E-state index contributed by atoms with van der Waals surface area (Å²) >= 11 is 0. The van der Waals surface area contributed by atoms with Crippen molar-refractivity contribution in [3.05, 3.63) is 40.7 Å². The van der Waals surface area contributed by atoms with E-state index in [0.717, 1.165) is 0 Å². The number of benzene rings is 1. The standard InChI is InChI=1S/C13H13NO4/c1-2-18-11-5-3-4-9-10(15)6-7-14(13(9)11)8-12(16)17/h3-7H,2,8H2,1H3,(H,16,17). The molecule has 0 amide bonds. The van der Waals surface area contributed by atoms with Gasteiger partial charge in [-0.2, -0.15) is 0 Å². The number of para-hydroxylation sites is 1. The number of nitrogens with zero attached hydrogens (tertiary/aromatic N) is 1. The second kappa shape index (κ2) is 4.91. The quantitative estimate of drug-likeness (QED) is 0.888. The summed E-state index contributed by atoms with van der Waals surface area (Å²) < 4.78 is 6.95. The summed E-state index contributed by atoms with van der Waals surface area (Å²) in [5, 5.41) is 9.34. The Labute approximate surface area is 103 Å². The number of rotatable bonds is 4. The van der Waals surface area contributed by atoms with Gasteiger partial charge in [-0.1, -0.05) is 6.07 Å². The number of aliphatic carboxylic acids is 1. The minimum Gasteiger partial charge on any atom is -0.492 e. The molecule has 0 radical (unpaired) electrons. The highest BCUT2D eigenvalue weighted by molar-refractivity contribution is 5.85. The van der Waals surface area contributed by atoms with E-state index in [9.17, 15) is 9.59 Å². The number of aromatic nitrogens is 1. The first-order chi connectivity index (χ1) is 8.63. The van der Waals surface area contributed by atoms with Crippen LogP contribution in [-0.4, -0.2) is 22.2 Å². The largest absolute Gasteiger partial charge is 0.492 e. The molecule has 0 aliphatic carbocycles. The Morgan fingerprint density at radius 3 is 2.83 bits per heavy atom. The number of hydrogen-bond acceptors (Lipinski definition) is 3. The van der Waals surface area contributed by atoms with Crippen molar-refractivity contribution in [2.45, 2.75) is 13.5 Å². The van der Waals surface area contributed by atoms with Crippen LogP contribution in [0, 0.1) is 0 Å². The monoisotopic (exact) mass is 247 g/mol. The SMILES string of the molecule is CCOc1cccc2c(=O)ccn(CC(=O)O)c12. The first-order valence-electron chi connectivity index (χ1n) is 5.60. The third kappa shape index (κ3) is 2.20. The van der Waals surface area contributed by atoms with Gasteiger partial charge in [0.2, 0.25) is 0 Å². The Morgan fingerprint density at radius 2 is 2.17 bits per heavy atom. The van der Waals surface area contributed by atoms with E-state index in [0.29, 0.717) is 23.3 Å². The van der Waals surface area contributed by atoms with Gasteiger partial charge in [-0.15, -0.1) is 0 Å². The highest BCUT2D eigenvalue weighted by Crippen LogP contribution is 2.23. The molecule has 0 atom stereocenters. The predicted octanol–water partition coefficient (Wildman–Crippen LogP) is 1.48. The normalized spacial score (nSPS) is 10.5. The van der Waals surface area contributed by atoms with Crippen LogP contribution in [0.15, 0.2) is 35.3 Å². The minimum atomic E-state index is -0.966. The van der Waals surface area contributed by atoms with E-state index in [4.69, 9.17) is 9.84 Å². The Bertz CT molecular complexity index is 645. The van der Waals surface area contributed by atoms with Crippen molar-refractivity contribution >= 4 is 16.9 Å². The van der Waals surface area contributed by atoms with Gasteiger partial charge in [-0.3, -0.25) is 9.59 Å². The maximum atomic E-state index is 11.8. The van der Waals surface area contributed by atoms with Crippen molar-refractivity contribution in [1.29, 1.82) is 0 Å². The first-order valence-corrected chi connectivity index (χ1v) is 5.60. The number of hydrogen-bond donors (Lipinski definition) is 1. The lowest BCUT2D eigenvalue weighted by atomic mass is 10.2. The Kier molecular flexibility index (Phi) is 3.32. The Hall–Kier alpha value is -2.30. The summed E-state index contributed by atoms with van der Waals surface area (Å²) in [6.45, 7) is 2.08. The van der Waals surface area contributed by atoms with Crippen molar-refractivity contribution in [1.82, 2.24) is 4.57 Å². The van der Waals surface area contributed by atoms with E-state index in [2.05, 4.69) is 0 Å². The van der Waals surface area contributed by atoms with Crippen molar-refractivity contribution in [3.8, 4) is 5.75 Å². The van der Waals surface area contributed by atoms with Crippen molar-refractivity contribution in [2.75, 3.05) is 6.61 Å². The number of carboxylic acid groups (broad SMARTS) is 1. The molecule has 18 heavy (non-hydrogen) atoms. The first kappa shape index (κ1) is 12.2. The summed E-state index contributed by atoms with van der Waals surface area (Å²) in [5.74, 6) is -0.444. The zero-order chi connectivity index (χ0) is 13.1. The van der Waals surface area contributed by atoms with Crippen LogP contribution in [-0.2, 0) is 11.3 Å². The molecule has 0 aliphatic rings. The second-order valence-corrected chi connectivity index (χ2v) is 3.79. The van der Waals surface area contributed by atoms with Gasteiger partial charge >= 0.3 is 5.97 Å². The van der Waals surface area contributed by atoms with E-state index < -0.39 is 5.97 Å². The van der Waals surface area contributed by atoms with E-state index in [1.807, 2.05) is 6.92 Å². The molecular formula is C13H13NO4. The molecule has 2 aromatic rings. The van der Waals surface area contributed by atoms with Gasteiger partial charge in [0.05, 0.1) is 12.1 Å². The van der Waals surface area contributed by atoms with Crippen molar-refractivity contribution in [3.63, 3.8) is 0 Å². The van der Waals surface area contributed by atoms with Gasteiger partial charge in [0.15, 0.2) is 5.43 Å². The molecule has 1 N–H and O–H groups in total. The molecule has 94 valence electrons. The van der Waals surface area contributed by atoms with Crippen LogP contribution >= 0.6 is 0 Å². The van der Waals surface area contributed by atoms with Crippen LogP contribution in [0.5, 0.6) is 5.75 Å². The lowest BCUT2D eigenvalue weighted by molar-refractivity contribution is -0.137. The third-order valence-electron chi connectivity index (χ3n) is 2.56. The van der Waals surface area contributed by atoms with Gasteiger partial charge in [0.25, 0.3) is 0 Å². The molecule has 0 fully saturated rings. The number of carboxylic acids is 1. The van der Waals surface area contributed by atoms with Crippen LogP contribution in [0.25, 0.3) is 10.9 Å². The molecule has 1 heterocycles. The summed E-state index contributed by atoms with van der Waals surface area (Å²) in [4.78, 5) is 22.6. The molecule has 0 saturated carbocycles. The molecule has 1 aromatic carbocycles. The topological polar surface area (TPSA) is 68.5 Å². The molecule has 0 spiro atoms. The lowest BCUT2D eigenvalue weighted by Crippen LogP contribution is -2.14. The molecule has 0 bridgehead atoms. The third-order valence-corrected chi connectivity index (χ3v) is 2.56. The van der Waals surface area contributed by atoms with E-state index in [1.54, 1.807) is 18.2 Å². The zero-order valence-electron chi connectivity index (χ0n) is 9.92. The van der Waals surface area contributed by atoms with Crippen molar-refractivity contribution in [2.24, 2.45) is 0 Å². The van der Waals surface area contributed by atoms with Crippen LogP contribution < -0.4 is 10.2 Å². The number of carbonyl (C=O) groups is 1. The number of fused-ring (bicyclic) bond motifs is 1. The van der Waals surface area contributed by atoms with E-state index >= 15 is 0 Å². The number of ether oxygens (including phenoxy) is 1. The highest BCUT2D eigenvalue weighted by Gasteiger charge is 2.10. The maximum Gasteiger partial charge on any atom is 0.323 e. The fourth-order valence-corrected chi connectivity index (χ4v) is 1.89. The zero-order valence-corrected chi connectivity index (χ0v) is 9.92. The molecule has 0 saturated heterocycles. The minimum absolute atomic E-state index is 0.145. The summed E-state index contributed by atoms with van der Waals surface area (Å²) in [6.07, 6.45) is 1.47. The Balaban J connectivity index is 2.74. The smallest absolute Gasteiger partial charge is 0.323 e. The van der Waals surface area contributed by atoms with Gasteiger partial charge in [0, 0.05) is 17.6 Å². The molecular weight excluding hydrogens is 234 g/mol. The highest BCUT2D eigenvalue weighted by atomic mass is 16.5. The average Bonchev–Trinajstić information content (AvgIpc) is 2.33. The van der Waals surface area contributed by atoms with Gasteiger partial charge in [0.1, 0.15) is 12.3 Å². The lowest BCUT2D eigenvalue weighted by Gasteiger charge is -2.12. The van der Waals surface area contributed by atoms with E-state index in [-0.39, 0.29) is 12.0 Å². The molecule has 2 rings (SSSR count). The molecule has 1 aromatic heterocycles. The fraction of sp³-hybridized carbons (Fsp3) is 0.231. The second-order valence-electron chi connectivity index (χ2n) is 3.79. The summed E-state index contributed by atoms with van der Waals surface area (Å²) in [6, 6.07) is 6.48. The molecule has 0 unspecified atom stereocenters. The van der Waals surface area contributed by atoms with Crippen LogP contribution in [0.3, 0.4) is 0 Å². The van der Waals surface area contributed by atoms with Gasteiger partial charge < -0.3 is 14.4 Å². The maximum absolute atomic E-state index is 11.8. The summed E-state index contributed by atoms with van der Waals surface area (Å²) in [7, 11) is 0. The average molecular weight is 247 g/mol. The predicted molar refractivity (Wildman–Crippen MR) is 67.0 cm³/mol. The van der Waals surface area contributed by atoms with E-state index in [1.165, 1.54) is 16.8 Å². The molecule has 5 heteroatoms. The van der Waals surface area contributed by atoms with Gasteiger partial charge in [-0.25, -0.2) is 0 Å². The molecule has 0 aliphatic heterocycles. The number of pyridine rings is 1. The van der Waals surface area contributed by atoms with Gasteiger partial charge in [-0.05, 0) is 19.1 Å². The van der Waals surface area contributed by atoms with Crippen LogP contribution in [0.2, 0.25) is 0 Å². The molecule has 5 nitrogen and oxygen atoms in total. The van der Waals surface area contributed by atoms with Crippen LogP contribution in [0.1, 0.15) is 6.92 Å².